The van der Waals surface area contributed by atoms with Crippen LogP contribution in [0.2, 0.25) is 0 Å². The van der Waals surface area contributed by atoms with Gasteiger partial charge in [-0.2, -0.15) is 0 Å². The van der Waals surface area contributed by atoms with E-state index in [1.54, 1.807) is 36.7 Å². The topological polar surface area (TPSA) is 139 Å². The first-order chi connectivity index (χ1) is 15.3. The minimum Gasteiger partial charge on any atom is -0.478 e. The number of pyridine rings is 1. The number of benzene rings is 2. The Kier molecular flexibility index (Phi) is 10.7. The van der Waals surface area contributed by atoms with Gasteiger partial charge in [-0.05, 0) is 41.5 Å². The molecule has 0 aliphatic carbocycles. The van der Waals surface area contributed by atoms with Gasteiger partial charge in [0.15, 0.2) is 0 Å². The van der Waals surface area contributed by atoms with Crippen molar-refractivity contribution in [3.05, 3.63) is 108 Å². The van der Waals surface area contributed by atoms with Gasteiger partial charge in [0.1, 0.15) is 5.70 Å². The number of rotatable bonds is 3. The Morgan fingerprint density at radius 1 is 0.909 bits per heavy atom. The summed E-state index contributed by atoms with van der Waals surface area (Å²) in [4.78, 5) is 24.9. The molecule has 4 rings (SSSR count). The highest BCUT2D eigenvalue weighted by Crippen LogP contribution is 2.22. The molecule has 0 fully saturated rings. The van der Waals surface area contributed by atoms with Crippen LogP contribution in [0.25, 0.3) is 12.2 Å². The molecule has 2 aromatic carbocycles. The molecule has 1 amide bonds. The largest absolute Gasteiger partial charge is 0.478 e. The number of carbonyl (C=O) groups is 2. The van der Waals surface area contributed by atoms with Crippen LogP contribution in [0.1, 0.15) is 18.6 Å². The number of nitrogens with one attached hydrogen (secondary N) is 1. The van der Waals surface area contributed by atoms with Crippen LogP contribution in [0.4, 0.5) is 0 Å². The third-order valence-corrected chi connectivity index (χ3v) is 5.24. The fraction of sp³-hybridized carbons (Fsp3) is 0.0417. The zero-order valence-electron chi connectivity index (χ0n) is 16.8. The Hall–Kier alpha value is -4.24. The Labute approximate surface area is 193 Å². The molecule has 33 heavy (non-hydrogen) atoms. The molecule has 0 saturated heterocycles. The second kappa shape index (κ2) is 13.2. The van der Waals surface area contributed by atoms with Crippen LogP contribution in [-0.2, 0) is 19.6 Å². The van der Waals surface area contributed by atoms with Crippen LogP contribution < -0.4 is 10.5 Å². The Balaban J connectivity index is 0.000000266. The van der Waals surface area contributed by atoms with Crippen molar-refractivity contribution in [1.82, 2.24) is 9.71 Å². The van der Waals surface area contributed by atoms with Crippen molar-refractivity contribution in [2.24, 2.45) is 5.73 Å². The summed E-state index contributed by atoms with van der Waals surface area (Å²) in [6.45, 7) is 0. The fourth-order valence-corrected chi connectivity index (χ4v) is 3.65. The first kappa shape index (κ1) is 26.8. The number of fused-ring (bicyclic) bond motifs is 1. The molecule has 1 aliphatic rings. The van der Waals surface area contributed by atoms with Gasteiger partial charge in [0.25, 0.3) is 15.9 Å². The standard InChI is InChI=1S/C9H8N2O3S.C9H8O2.C5H5N.CH4/c10-9(12)7-5-6-3-1-2-4-8(6)15(13,14)11-7;10-9(11)7-6-8-4-2-1-3-5-8;1-2-4-6-5-3-1;/h1-5,11H,(H2,10,12);1-7H,(H,10,11);1-5H;1H4. The number of primary amides is 1. The summed E-state index contributed by atoms with van der Waals surface area (Å²) in [5.41, 5.74) is 6.26. The summed E-state index contributed by atoms with van der Waals surface area (Å²) in [5, 5.41) is 8.29. The van der Waals surface area contributed by atoms with Crippen LogP contribution in [0, 0.1) is 0 Å². The summed E-state index contributed by atoms with van der Waals surface area (Å²) in [7, 11) is -3.66. The second-order valence-electron chi connectivity index (χ2n) is 6.17. The molecule has 0 bridgehead atoms. The van der Waals surface area contributed by atoms with Crippen molar-refractivity contribution in [3.8, 4) is 0 Å². The Morgan fingerprint density at radius 2 is 1.48 bits per heavy atom. The van der Waals surface area contributed by atoms with Crippen molar-refractivity contribution in [2.45, 2.75) is 12.3 Å². The monoisotopic (exact) mass is 467 g/mol. The number of sulfonamides is 1. The molecule has 0 unspecified atom stereocenters. The number of nitrogens with two attached hydrogens (primary N) is 1. The zero-order chi connectivity index (χ0) is 23.4. The highest BCUT2D eigenvalue weighted by atomic mass is 32.2. The normalized spacial score (nSPS) is 12.7. The van der Waals surface area contributed by atoms with E-state index in [2.05, 4.69) is 9.71 Å². The molecular formula is C24H25N3O5S. The van der Waals surface area contributed by atoms with Crippen molar-refractivity contribution in [2.75, 3.05) is 0 Å². The number of aromatic nitrogens is 1. The maximum Gasteiger partial charge on any atom is 0.328 e. The number of hydrogen-bond donors (Lipinski definition) is 3. The van der Waals surface area contributed by atoms with E-state index in [9.17, 15) is 18.0 Å². The van der Waals surface area contributed by atoms with Crippen LogP contribution in [0.3, 0.4) is 0 Å². The Bertz CT molecular complexity index is 1180. The lowest BCUT2D eigenvalue weighted by Crippen LogP contribution is -2.33. The average molecular weight is 468 g/mol. The maximum absolute atomic E-state index is 11.6. The van der Waals surface area contributed by atoms with Crippen LogP contribution >= 0.6 is 0 Å². The molecule has 4 N–H and O–H groups in total. The van der Waals surface area contributed by atoms with Gasteiger partial charge in [-0.3, -0.25) is 14.5 Å². The van der Waals surface area contributed by atoms with Crippen molar-refractivity contribution < 1.29 is 23.1 Å². The predicted molar refractivity (Wildman–Crippen MR) is 128 cm³/mol. The molecule has 3 aromatic rings. The zero-order valence-corrected chi connectivity index (χ0v) is 17.6. The van der Waals surface area contributed by atoms with E-state index >= 15 is 0 Å². The lowest BCUT2D eigenvalue weighted by Gasteiger charge is -2.16. The summed E-state index contributed by atoms with van der Waals surface area (Å²) in [6.07, 6.45) is 7.59. The van der Waals surface area contributed by atoms with Gasteiger partial charge < -0.3 is 10.8 Å². The number of carboxylic acid groups (broad SMARTS) is 1. The van der Waals surface area contributed by atoms with Gasteiger partial charge in [-0.1, -0.05) is 62.0 Å². The van der Waals surface area contributed by atoms with Gasteiger partial charge in [0, 0.05) is 18.5 Å². The molecule has 172 valence electrons. The Morgan fingerprint density at radius 3 is 2.00 bits per heavy atom. The summed E-state index contributed by atoms with van der Waals surface area (Å²) < 4.78 is 25.4. The summed E-state index contributed by atoms with van der Waals surface area (Å²) in [6, 6.07) is 21.4. The number of amides is 1. The predicted octanol–water partition coefficient (Wildman–Crippen LogP) is 3.31. The molecule has 8 nitrogen and oxygen atoms in total. The quantitative estimate of drug-likeness (QED) is 0.505. The molecule has 0 radical (unpaired) electrons. The number of hydrogen-bond acceptors (Lipinski definition) is 5. The molecular weight excluding hydrogens is 442 g/mol. The van der Waals surface area contributed by atoms with E-state index < -0.39 is 21.9 Å². The third kappa shape index (κ3) is 9.19. The van der Waals surface area contributed by atoms with Crippen molar-refractivity contribution >= 4 is 34.1 Å². The van der Waals surface area contributed by atoms with Crippen molar-refractivity contribution in [1.29, 1.82) is 0 Å². The van der Waals surface area contributed by atoms with Gasteiger partial charge in [0.2, 0.25) is 0 Å². The molecule has 0 spiro atoms. The number of aliphatic carboxylic acids is 1. The SMILES string of the molecule is C.NC(=O)C1=Cc2ccccc2S(=O)(=O)N1.O=C(O)C=Cc1ccccc1.c1ccncc1. The van der Waals surface area contributed by atoms with Crippen molar-refractivity contribution in [3.63, 3.8) is 0 Å². The summed E-state index contributed by atoms with van der Waals surface area (Å²) >= 11 is 0. The lowest BCUT2D eigenvalue weighted by atomic mass is 10.2. The van der Waals surface area contributed by atoms with Gasteiger partial charge in [0.05, 0.1) is 4.90 Å². The molecule has 9 heteroatoms. The highest BCUT2D eigenvalue weighted by molar-refractivity contribution is 7.89. The van der Waals surface area contributed by atoms with Gasteiger partial charge in [-0.25, -0.2) is 13.2 Å². The van der Waals surface area contributed by atoms with Crippen LogP contribution in [0.5, 0.6) is 0 Å². The van der Waals surface area contributed by atoms with E-state index in [-0.39, 0.29) is 18.0 Å². The minimum atomic E-state index is -3.66. The molecule has 0 saturated carbocycles. The fourth-order valence-electron chi connectivity index (χ4n) is 2.39. The van der Waals surface area contributed by atoms with Crippen LogP contribution in [-0.4, -0.2) is 30.4 Å². The van der Waals surface area contributed by atoms with Gasteiger partial charge >= 0.3 is 5.97 Å². The third-order valence-electron chi connectivity index (χ3n) is 3.80. The minimum absolute atomic E-state index is 0. The van der Waals surface area contributed by atoms with Gasteiger partial charge in [-0.15, -0.1) is 0 Å². The molecule has 0 atom stereocenters. The lowest BCUT2D eigenvalue weighted by molar-refractivity contribution is -0.131. The number of nitrogens with zero attached hydrogens (tertiary/aromatic N) is 1. The molecule has 1 aliphatic heterocycles. The number of carboxylic acids is 1. The van der Waals surface area contributed by atoms with E-state index in [4.69, 9.17) is 10.8 Å². The van der Waals surface area contributed by atoms with E-state index in [0.717, 1.165) is 11.6 Å². The smallest absolute Gasteiger partial charge is 0.328 e. The summed E-state index contributed by atoms with van der Waals surface area (Å²) in [5.74, 6) is -1.72. The van der Waals surface area contributed by atoms with E-state index in [1.165, 1.54) is 12.1 Å². The van der Waals surface area contributed by atoms with Crippen LogP contribution in [0.15, 0.2) is 102 Å². The second-order valence-corrected chi connectivity index (χ2v) is 7.82. The van der Waals surface area contributed by atoms with E-state index in [0.29, 0.717) is 5.56 Å². The molecule has 1 aromatic heterocycles. The first-order valence-electron chi connectivity index (χ1n) is 9.24. The first-order valence-corrected chi connectivity index (χ1v) is 10.7. The number of carbonyl (C=O) groups excluding carboxylic acids is 1. The van der Waals surface area contributed by atoms with E-state index in [1.807, 2.05) is 48.5 Å². The average Bonchev–Trinajstić information content (AvgIpc) is 2.80. The maximum atomic E-state index is 11.6. The molecule has 2 heterocycles. The highest BCUT2D eigenvalue weighted by Gasteiger charge is 2.25.